The van der Waals surface area contributed by atoms with Crippen LogP contribution in [-0.2, 0) is 11.2 Å². The molecule has 1 heterocycles. The van der Waals surface area contributed by atoms with E-state index < -0.39 is 0 Å². The van der Waals surface area contributed by atoms with Crippen molar-refractivity contribution in [1.29, 1.82) is 0 Å². The van der Waals surface area contributed by atoms with Gasteiger partial charge in [-0.25, -0.2) is 0 Å². The highest BCUT2D eigenvalue weighted by atomic mass is 32.1. The number of benzene rings is 1. The van der Waals surface area contributed by atoms with Crippen LogP contribution in [0.3, 0.4) is 0 Å². The van der Waals surface area contributed by atoms with Gasteiger partial charge in [-0.1, -0.05) is 12.1 Å². The zero-order valence-corrected chi connectivity index (χ0v) is 11.1. The molecular formula is C14H16N2OS. The van der Waals surface area contributed by atoms with Crippen LogP contribution in [0.15, 0.2) is 41.1 Å². The molecule has 0 aliphatic carbocycles. The average molecular weight is 260 g/mol. The fraction of sp³-hybridized carbons (Fsp3) is 0.214. The third-order valence-electron chi connectivity index (χ3n) is 2.78. The summed E-state index contributed by atoms with van der Waals surface area (Å²) in [5.41, 5.74) is 8.40. The third-order valence-corrected chi connectivity index (χ3v) is 3.51. The van der Waals surface area contributed by atoms with Gasteiger partial charge in [-0.05, 0) is 41.4 Å². The number of rotatable bonds is 4. The van der Waals surface area contributed by atoms with Crippen LogP contribution >= 0.6 is 11.3 Å². The van der Waals surface area contributed by atoms with Gasteiger partial charge in [0.25, 0.3) is 0 Å². The topological polar surface area (TPSA) is 46.3 Å². The third kappa shape index (κ3) is 2.71. The summed E-state index contributed by atoms with van der Waals surface area (Å²) in [5.74, 6) is 0.0776. The Hall–Kier alpha value is -1.81. The lowest BCUT2D eigenvalue weighted by atomic mass is 10.2. The molecule has 1 aromatic carbocycles. The molecule has 0 saturated carbocycles. The number of amides is 1. The first-order chi connectivity index (χ1) is 8.72. The van der Waals surface area contributed by atoms with Crippen molar-refractivity contribution in [3.63, 3.8) is 0 Å². The summed E-state index contributed by atoms with van der Waals surface area (Å²) in [6, 6.07) is 9.44. The van der Waals surface area contributed by atoms with Gasteiger partial charge in [0.1, 0.15) is 0 Å². The van der Waals surface area contributed by atoms with Gasteiger partial charge in [0.15, 0.2) is 0 Å². The number of hydrogen-bond acceptors (Lipinski definition) is 3. The Labute approximate surface area is 111 Å². The molecule has 2 N–H and O–H groups in total. The number of anilines is 2. The summed E-state index contributed by atoms with van der Waals surface area (Å²) in [5, 5.41) is 3.98. The molecule has 0 unspecified atom stereocenters. The number of nitrogens with two attached hydrogens (primary N) is 1. The van der Waals surface area contributed by atoms with Crippen molar-refractivity contribution in [3.05, 3.63) is 46.7 Å². The molecule has 0 saturated heterocycles. The summed E-state index contributed by atoms with van der Waals surface area (Å²) in [7, 11) is 0. The second-order valence-electron chi connectivity index (χ2n) is 4.01. The molecule has 2 aromatic rings. The maximum Gasteiger partial charge on any atom is 0.231 e. The largest absolute Gasteiger partial charge is 0.397 e. The molecule has 0 spiro atoms. The monoisotopic (exact) mass is 260 g/mol. The lowest BCUT2D eigenvalue weighted by Crippen LogP contribution is -2.32. The molecule has 0 atom stereocenters. The first-order valence-electron chi connectivity index (χ1n) is 5.88. The standard InChI is InChI=1S/C14H16N2OS/c1-2-16(13-6-4-3-5-12(13)15)14(17)9-11-7-8-18-10-11/h3-8,10H,2,9,15H2,1H3. The first-order valence-corrected chi connectivity index (χ1v) is 6.82. The van der Waals surface area contributed by atoms with E-state index in [0.717, 1.165) is 11.3 Å². The summed E-state index contributed by atoms with van der Waals surface area (Å²) >= 11 is 1.60. The van der Waals surface area contributed by atoms with E-state index in [9.17, 15) is 4.79 Å². The van der Waals surface area contributed by atoms with Crippen molar-refractivity contribution in [2.45, 2.75) is 13.3 Å². The zero-order chi connectivity index (χ0) is 13.0. The van der Waals surface area contributed by atoms with Crippen LogP contribution < -0.4 is 10.6 Å². The van der Waals surface area contributed by atoms with E-state index in [0.29, 0.717) is 18.7 Å². The van der Waals surface area contributed by atoms with Crippen molar-refractivity contribution in [1.82, 2.24) is 0 Å². The molecule has 1 amide bonds. The summed E-state index contributed by atoms with van der Waals surface area (Å²) in [4.78, 5) is 14.0. The molecule has 0 aliphatic heterocycles. The van der Waals surface area contributed by atoms with Crippen LogP contribution in [0.1, 0.15) is 12.5 Å². The molecule has 0 bridgehead atoms. The van der Waals surface area contributed by atoms with E-state index in [2.05, 4.69) is 0 Å². The molecule has 3 nitrogen and oxygen atoms in total. The molecule has 18 heavy (non-hydrogen) atoms. The maximum absolute atomic E-state index is 12.3. The predicted molar refractivity (Wildman–Crippen MR) is 76.9 cm³/mol. The number of likely N-dealkylation sites (N-methyl/N-ethyl adjacent to an activating group) is 1. The second-order valence-corrected chi connectivity index (χ2v) is 4.79. The number of para-hydroxylation sites is 2. The average Bonchev–Trinajstić information content (AvgIpc) is 2.85. The van der Waals surface area contributed by atoms with Crippen LogP contribution in [0.25, 0.3) is 0 Å². The zero-order valence-electron chi connectivity index (χ0n) is 10.3. The van der Waals surface area contributed by atoms with Gasteiger partial charge in [-0.15, -0.1) is 0 Å². The molecule has 0 radical (unpaired) electrons. The number of carbonyl (C=O) groups is 1. The van der Waals surface area contributed by atoms with Crippen molar-refractivity contribution < 1.29 is 4.79 Å². The molecule has 1 aromatic heterocycles. The minimum absolute atomic E-state index is 0.0776. The number of carbonyl (C=O) groups excluding carboxylic acids is 1. The fourth-order valence-corrected chi connectivity index (χ4v) is 2.55. The van der Waals surface area contributed by atoms with Crippen molar-refractivity contribution in [2.24, 2.45) is 0 Å². The van der Waals surface area contributed by atoms with Crippen molar-refractivity contribution in [2.75, 3.05) is 17.2 Å². The highest BCUT2D eigenvalue weighted by molar-refractivity contribution is 7.08. The highest BCUT2D eigenvalue weighted by Gasteiger charge is 2.16. The lowest BCUT2D eigenvalue weighted by molar-refractivity contribution is -0.117. The van der Waals surface area contributed by atoms with Crippen molar-refractivity contribution in [3.8, 4) is 0 Å². The van der Waals surface area contributed by atoms with Crippen LogP contribution in [0, 0.1) is 0 Å². The van der Waals surface area contributed by atoms with Crippen LogP contribution in [0.2, 0.25) is 0 Å². The van der Waals surface area contributed by atoms with Crippen molar-refractivity contribution >= 4 is 28.6 Å². The first kappa shape index (κ1) is 12.6. The van der Waals surface area contributed by atoms with Gasteiger partial charge in [-0.2, -0.15) is 11.3 Å². The number of nitrogen functional groups attached to an aromatic ring is 1. The summed E-state index contributed by atoms with van der Waals surface area (Å²) < 4.78 is 0. The normalized spacial score (nSPS) is 10.3. The van der Waals surface area contributed by atoms with Gasteiger partial charge < -0.3 is 10.6 Å². The van der Waals surface area contributed by atoms with Gasteiger partial charge in [0.2, 0.25) is 5.91 Å². The molecule has 0 fully saturated rings. The molecule has 4 heteroatoms. The molecule has 2 rings (SSSR count). The Morgan fingerprint density at radius 3 is 2.72 bits per heavy atom. The van der Waals surface area contributed by atoms with E-state index >= 15 is 0 Å². The summed E-state index contributed by atoms with van der Waals surface area (Å²) in [6.45, 7) is 2.58. The van der Waals surface area contributed by atoms with Gasteiger partial charge in [0, 0.05) is 6.54 Å². The minimum Gasteiger partial charge on any atom is -0.397 e. The highest BCUT2D eigenvalue weighted by Crippen LogP contribution is 2.23. The molecule has 94 valence electrons. The summed E-state index contributed by atoms with van der Waals surface area (Å²) in [6.07, 6.45) is 0.422. The lowest BCUT2D eigenvalue weighted by Gasteiger charge is -2.22. The Morgan fingerprint density at radius 1 is 1.33 bits per heavy atom. The van der Waals surface area contributed by atoms with Gasteiger partial charge in [-0.3, -0.25) is 4.79 Å². The Kier molecular flexibility index (Phi) is 3.99. The second kappa shape index (κ2) is 5.69. The SMILES string of the molecule is CCN(C(=O)Cc1ccsc1)c1ccccc1N. The molecule has 0 aliphatic rings. The van der Waals surface area contributed by atoms with Gasteiger partial charge in [0.05, 0.1) is 17.8 Å². The van der Waals surface area contributed by atoms with E-state index in [1.807, 2.05) is 48.0 Å². The van der Waals surface area contributed by atoms with Gasteiger partial charge >= 0.3 is 0 Å². The quantitative estimate of drug-likeness (QED) is 0.859. The number of nitrogens with zero attached hydrogens (tertiary/aromatic N) is 1. The van der Waals surface area contributed by atoms with E-state index in [4.69, 9.17) is 5.73 Å². The Balaban J connectivity index is 2.18. The number of hydrogen-bond donors (Lipinski definition) is 1. The van der Waals surface area contributed by atoms with Crippen LogP contribution in [0.5, 0.6) is 0 Å². The Bertz CT molecular complexity index is 522. The predicted octanol–water partition coefficient (Wildman–Crippen LogP) is 2.93. The Morgan fingerprint density at radius 2 is 2.11 bits per heavy atom. The van der Waals surface area contributed by atoms with E-state index in [1.165, 1.54) is 0 Å². The van der Waals surface area contributed by atoms with E-state index in [1.54, 1.807) is 16.2 Å². The molecular weight excluding hydrogens is 244 g/mol. The van der Waals surface area contributed by atoms with Crippen LogP contribution in [0.4, 0.5) is 11.4 Å². The number of thiophene rings is 1. The maximum atomic E-state index is 12.3. The van der Waals surface area contributed by atoms with Crippen LogP contribution in [-0.4, -0.2) is 12.5 Å². The fourth-order valence-electron chi connectivity index (χ4n) is 1.88. The van der Waals surface area contributed by atoms with E-state index in [-0.39, 0.29) is 5.91 Å². The minimum atomic E-state index is 0.0776. The smallest absolute Gasteiger partial charge is 0.231 e.